The van der Waals surface area contributed by atoms with Gasteiger partial charge in [-0.05, 0) is 30.5 Å². The smallest absolute Gasteiger partial charge is 0.321 e. The average molecular weight is 384 g/mol. The third-order valence-electron chi connectivity index (χ3n) is 5.00. The number of hydrogen-bond acceptors (Lipinski definition) is 6. The maximum atomic E-state index is 12.2. The first-order valence-corrected chi connectivity index (χ1v) is 8.89. The van der Waals surface area contributed by atoms with Crippen LogP contribution in [0.4, 0.5) is 4.79 Å². The molecule has 2 fully saturated rings. The lowest BCUT2D eigenvalue weighted by Crippen LogP contribution is -2.51. The van der Waals surface area contributed by atoms with Crippen LogP contribution in [0.1, 0.15) is 41.1 Å². The second kappa shape index (κ2) is 5.98. The van der Waals surface area contributed by atoms with Crippen molar-refractivity contribution in [3.8, 4) is 0 Å². The first-order valence-electron chi connectivity index (χ1n) is 8.51. The topological polar surface area (TPSA) is 114 Å². The molecular weight excluding hydrogens is 370 g/mol. The SMILES string of the molecule is O=C1NCC(c2cc([C@H]3C[C@@H]3c3ccc(Cl)cn3)c3ncnn3n2)C(=O)N1. The molecule has 3 aromatic rings. The molecule has 0 aromatic carbocycles. The molecule has 1 unspecified atom stereocenters. The molecule has 3 atom stereocenters. The van der Waals surface area contributed by atoms with Crippen molar-refractivity contribution in [2.24, 2.45) is 0 Å². The van der Waals surface area contributed by atoms with Gasteiger partial charge in [0.1, 0.15) is 6.33 Å². The average Bonchev–Trinajstić information content (AvgIpc) is 3.30. The summed E-state index contributed by atoms with van der Waals surface area (Å²) in [4.78, 5) is 32.3. The zero-order valence-electron chi connectivity index (χ0n) is 14.0. The largest absolute Gasteiger partial charge is 0.337 e. The molecule has 5 rings (SSSR count). The van der Waals surface area contributed by atoms with Crippen molar-refractivity contribution in [1.82, 2.24) is 35.4 Å². The molecule has 2 N–H and O–H groups in total. The molecule has 4 heterocycles. The van der Waals surface area contributed by atoms with Crippen molar-refractivity contribution in [3.05, 3.63) is 52.7 Å². The summed E-state index contributed by atoms with van der Waals surface area (Å²) in [7, 11) is 0. The van der Waals surface area contributed by atoms with E-state index in [2.05, 4.69) is 30.8 Å². The van der Waals surface area contributed by atoms with Crippen molar-refractivity contribution in [2.75, 3.05) is 6.54 Å². The van der Waals surface area contributed by atoms with Crippen LogP contribution in [-0.4, -0.2) is 43.3 Å². The van der Waals surface area contributed by atoms with Crippen LogP contribution in [0.3, 0.4) is 0 Å². The minimum atomic E-state index is -0.569. The first kappa shape index (κ1) is 16.1. The van der Waals surface area contributed by atoms with E-state index < -0.39 is 11.9 Å². The lowest BCUT2D eigenvalue weighted by molar-refractivity contribution is -0.122. The number of imide groups is 1. The highest BCUT2D eigenvalue weighted by atomic mass is 35.5. The molecule has 0 spiro atoms. The van der Waals surface area contributed by atoms with E-state index >= 15 is 0 Å². The van der Waals surface area contributed by atoms with E-state index in [9.17, 15) is 9.59 Å². The molecule has 0 bridgehead atoms. The standard InChI is InChI=1S/C17H14ClN7O2/c18-8-1-2-13(19-5-8)10-3-9(10)11-4-14(24-25-15(11)21-7-22-25)12-6-20-17(27)23-16(12)26/h1-2,4-5,7,9-10,12H,3,6H2,(H2,20,23,26,27)/t9-,10-,12?/m0/s1. The Bertz CT molecular complexity index is 1060. The number of fused-ring (bicyclic) bond motifs is 1. The Morgan fingerprint density at radius 1 is 1.15 bits per heavy atom. The number of amides is 3. The van der Waals surface area contributed by atoms with Crippen LogP contribution in [0.2, 0.25) is 5.02 Å². The van der Waals surface area contributed by atoms with Gasteiger partial charge in [-0.15, -0.1) is 9.73 Å². The van der Waals surface area contributed by atoms with Gasteiger partial charge in [0.25, 0.3) is 0 Å². The normalized spacial score (nSPS) is 24.6. The second-order valence-corrected chi connectivity index (χ2v) is 7.14. The van der Waals surface area contributed by atoms with E-state index in [1.165, 1.54) is 11.0 Å². The fourth-order valence-electron chi connectivity index (χ4n) is 3.55. The van der Waals surface area contributed by atoms with E-state index in [1.54, 1.807) is 6.20 Å². The summed E-state index contributed by atoms with van der Waals surface area (Å²) in [5.74, 6) is -0.462. The van der Waals surface area contributed by atoms with E-state index in [-0.39, 0.29) is 24.3 Å². The molecule has 1 saturated heterocycles. The fourth-order valence-corrected chi connectivity index (χ4v) is 3.66. The molecule has 2 aliphatic rings. The van der Waals surface area contributed by atoms with Crippen molar-refractivity contribution in [2.45, 2.75) is 24.2 Å². The maximum Gasteiger partial charge on any atom is 0.321 e. The van der Waals surface area contributed by atoms with Gasteiger partial charge in [0.2, 0.25) is 5.91 Å². The molecule has 27 heavy (non-hydrogen) atoms. The molecule has 10 heteroatoms. The monoisotopic (exact) mass is 383 g/mol. The molecule has 0 radical (unpaired) electrons. The predicted octanol–water partition coefficient (Wildman–Crippen LogP) is 1.37. The van der Waals surface area contributed by atoms with Crippen LogP contribution < -0.4 is 10.6 Å². The third-order valence-corrected chi connectivity index (χ3v) is 5.22. The van der Waals surface area contributed by atoms with Gasteiger partial charge in [-0.1, -0.05) is 11.6 Å². The Morgan fingerprint density at radius 3 is 2.81 bits per heavy atom. The van der Waals surface area contributed by atoms with Crippen molar-refractivity contribution >= 4 is 29.2 Å². The second-order valence-electron chi connectivity index (χ2n) is 6.70. The highest BCUT2D eigenvalue weighted by Gasteiger charge is 2.43. The number of aromatic nitrogens is 5. The Hall–Kier alpha value is -3.07. The minimum absolute atomic E-state index is 0.199. The van der Waals surface area contributed by atoms with Gasteiger partial charge in [0, 0.05) is 29.9 Å². The van der Waals surface area contributed by atoms with Gasteiger partial charge in [0.05, 0.1) is 16.6 Å². The van der Waals surface area contributed by atoms with Crippen molar-refractivity contribution in [3.63, 3.8) is 0 Å². The summed E-state index contributed by atoms with van der Waals surface area (Å²) in [6.07, 6.45) is 4.01. The number of pyridine rings is 1. The lowest BCUT2D eigenvalue weighted by Gasteiger charge is -2.21. The molecule has 136 valence electrons. The van der Waals surface area contributed by atoms with Crippen LogP contribution in [0.15, 0.2) is 30.7 Å². The summed E-state index contributed by atoms with van der Waals surface area (Å²) in [5.41, 5.74) is 3.17. The van der Waals surface area contributed by atoms with Gasteiger partial charge in [0.15, 0.2) is 5.65 Å². The Kier molecular flexibility index (Phi) is 3.57. The summed E-state index contributed by atoms with van der Waals surface area (Å²) < 4.78 is 1.44. The maximum absolute atomic E-state index is 12.2. The third kappa shape index (κ3) is 2.80. The lowest BCUT2D eigenvalue weighted by atomic mass is 9.99. The number of rotatable bonds is 3. The molecule has 1 aliphatic heterocycles. The number of carbonyl (C=O) groups excluding carboxylic acids is 2. The van der Waals surface area contributed by atoms with Crippen LogP contribution in [-0.2, 0) is 4.79 Å². The van der Waals surface area contributed by atoms with Crippen LogP contribution >= 0.6 is 11.6 Å². The number of carbonyl (C=O) groups is 2. The number of nitrogens with zero attached hydrogens (tertiary/aromatic N) is 5. The number of halogens is 1. The van der Waals surface area contributed by atoms with E-state index in [0.717, 1.165) is 17.7 Å². The molecule has 3 amide bonds. The van der Waals surface area contributed by atoms with Crippen LogP contribution in [0, 0.1) is 0 Å². The summed E-state index contributed by atoms with van der Waals surface area (Å²) in [6.45, 7) is 0.199. The zero-order valence-corrected chi connectivity index (χ0v) is 14.7. The quantitative estimate of drug-likeness (QED) is 0.706. The van der Waals surface area contributed by atoms with Gasteiger partial charge in [-0.25, -0.2) is 9.78 Å². The van der Waals surface area contributed by atoms with Gasteiger partial charge in [-0.2, -0.15) is 5.10 Å². The van der Waals surface area contributed by atoms with E-state index in [4.69, 9.17) is 11.6 Å². The molecule has 1 aliphatic carbocycles. The van der Waals surface area contributed by atoms with Gasteiger partial charge >= 0.3 is 6.03 Å². The van der Waals surface area contributed by atoms with E-state index in [0.29, 0.717) is 16.4 Å². The molecular formula is C17H14ClN7O2. The summed E-state index contributed by atoms with van der Waals surface area (Å²) >= 11 is 5.92. The van der Waals surface area contributed by atoms with Crippen molar-refractivity contribution < 1.29 is 9.59 Å². The summed E-state index contributed by atoms with van der Waals surface area (Å²) in [6, 6.07) is 5.17. The fraction of sp³-hybridized carbons (Fsp3) is 0.294. The minimum Gasteiger partial charge on any atom is -0.337 e. The Balaban J connectivity index is 1.51. The number of hydrogen-bond donors (Lipinski definition) is 2. The van der Waals surface area contributed by atoms with Crippen LogP contribution in [0.5, 0.6) is 0 Å². The van der Waals surface area contributed by atoms with Gasteiger partial charge in [-0.3, -0.25) is 15.1 Å². The van der Waals surface area contributed by atoms with E-state index in [1.807, 2.05) is 18.2 Å². The van der Waals surface area contributed by atoms with Crippen LogP contribution in [0.25, 0.3) is 5.65 Å². The Labute approximate surface area is 158 Å². The Morgan fingerprint density at radius 2 is 2.04 bits per heavy atom. The first-order chi connectivity index (χ1) is 13.1. The summed E-state index contributed by atoms with van der Waals surface area (Å²) in [5, 5.41) is 14.1. The number of urea groups is 1. The van der Waals surface area contributed by atoms with Gasteiger partial charge < -0.3 is 5.32 Å². The molecule has 3 aromatic heterocycles. The van der Waals surface area contributed by atoms with Crippen molar-refractivity contribution in [1.29, 1.82) is 0 Å². The predicted molar refractivity (Wildman–Crippen MR) is 94.4 cm³/mol. The highest BCUT2D eigenvalue weighted by Crippen LogP contribution is 2.55. The molecule has 9 nitrogen and oxygen atoms in total. The highest BCUT2D eigenvalue weighted by molar-refractivity contribution is 6.30. The number of nitrogens with one attached hydrogen (secondary N) is 2. The zero-order chi connectivity index (χ0) is 18.5. The molecule has 1 saturated carbocycles.